The molecule has 0 bridgehead atoms. The van der Waals surface area contributed by atoms with Crippen molar-refractivity contribution in [3.63, 3.8) is 0 Å². The molecule has 0 aliphatic heterocycles. The molecule has 0 atom stereocenters. The molecule has 102 valence electrons. The smallest absolute Gasteiger partial charge is 0.324 e. The SMILES string of the molecule is FC(F)C(F)(F)Cn1c(-c2ccccc2)c[nH]c1=S. The van der Waals surface area contributed by atoms with Crippen molar-refractivity contribution in [3.05, 3.63) is 41.3 Å². The number of aromatic nitrogens is 2. The van der Waals surface area contributed by atoms with E-state index in [0.717, 1.165) is 4.57 Å². The van der Waals surface area contributed by atoms with Crippen LogP contribution in [-0.2, 0) is 6.54 Å². The van der Waals surface area contributed by atoms with Gasteiger partial charge in [0.2, 0.25) is 0 Å². The third-order valence-corrected chi connectivity index (χ3v) is 2.96. The molecule has 1 heterocycles. The summed E-state index contributed by atoms with van der Waals surface area (Å²) in [5.41, 5.74) is 0.978. The summed E-state index contributed by atoms with van der Waals surface area (Å²) < 4.78 is 51.8. The van der Waals surface area contributed by atoms with Crippen LogP contribution in [0.5, 0.6) is 0 Å². The highest BCUT2D eigenvalue weighted by Crippen LogP contribution is 2.28. The minimum Gasteiger partial charge on any atom is -0.337 e. The molecule has 0 aliphatic rings. The van der Waals surface area contributed by atoms with Gasteiger partial charge in [-0.15, -0.1) is 0 Å². The number of rotatable bonds is 4. The van der Waals surface area contributed by atoms with Crippen molar-refractivity contribution in [1.82, 2.24) is 9.55 Å². The van der Waals surface area contributed by atoms with Crippen LogP contribution in [0.3, 0.4) is 0 Å². The quantitative estimate of drug-likeness (QED) is 0.663. The topological polar surface area (TPSA) is 20.7 Å². The Morgan fingerprint density at radius 3 is 2.42 bits per heavy atom. The van der Waals surface area contributed by atoms with Crippen molar-refractivity contribution < 1.29 is 17.6 Å². The summed E-state index contributed by atoms with van der Waals surface area (Å²) in [6.45, 7) is -1.16. The van der Waals surface area contributed by atoms with Gasteiger partial charge >= 0.3 is 12.3 Å². The Hall–Kier alpha value is -1.63. The predicted octanol–water partition coefficient (Wildman–Crippen LogP) is 4.11. The minimum absolute atomic E-state index is 0.0146. The first-order valence-electron chi connectivity index (χ1n) is 5.41. The Morgan fingerprint density at radius 1 is 1.21 bits per heavy atom. The van der Waals surface area contributed by atoms with Crippen LogP contribution in [0, 0.1) is 4.77 Å². The van der Waals surface area contributed by atoms with Gasteiger partial charge in [-0.1, -0.05) is 30.3 Å². The maximum absolute atomic E-state index is 13.2. The molecule has 1 N–H and O–H groups in total. The predicted molar refractivity (Wildman–Crippen MR) is 66.0 cm³/mol. The highest BCUT2D eigenvalue weighted by atomic mass is 32.1. The summed E-state index contributed by atoms with van der Waals surface area (Å²) in [5.74, 6) is -4.12. The molecule has 2 aromatic rings. The molecule has 0 saturated heterocycles. The van der Waals surface area contributed by atoms with E-state index in [2.05, 4.69) is 4.98 Å². The summed E-state index contributed by atoms with van der Waals surface area (Å²) in [6.07, 6.45) is -2.30. The van der Waals surface area contributed by atoms with Crippen LogP contribution in [0.25, 0.3) is 11.3 Å². The van der Waals surface area contributed by atoms with Crippen LogP contribution in [-0.4, -0.2) is 21.9 Å². The molecular weight excluding hydrogens is 280 g/mol. The molecule has 19 heavy (non-hydrogen) atoms. The minimum atomic E-state index is -4.12. The van der Waals surface area contributed by atoms with Gasteiger partial charge in [0.15, 0.2) is 4.77 Å². The number of benzene rings is 1. The fraction of sp³-hybridized carbons (Fsp3) is 0.250. The van der Waals surface area contributed by atoms with Crippen molar-refractivity contribution in [2.45, 2.75) is 18.9 Å². The fourth-order valence-corrected chi connectivity index (χ4v) is 1.90. The van der Waals surface area contributed by atoms with Gasteiger partial charge < -0.3 is 9.55 Å². The second kappa shape index (κ2) is 5.16. The van der Waals surface area contributed by atoms with Crippen molar-refractivity contribution in [2.75, 3.05) is 0 Å². The first kappa shape index (κ1) is 13.8. The standard InChI is InChI=1S/C12H10F4N2S/c13-10(14)12(15,16)7-18-9(6-17-11(18)19)8-4-2-1-3-5-8/h1-6,10H,7H2,(H,17,19). The van der Waals surface area contributed by atoms with E-state index in [1.54, 1.807) is 30.3 Å². The van der Waals surface area contributed by atoms with Gasteiger partial charge in [0.1, 0.15) is 0 Å². The molecule has 0 unspecified atom stereocenters. The summed E-state index contributed by atoms with van der Waals surface area (Å²) in [5, 5.41) is 0. The summed E-state index contributed by atoms with van der Waals surface area (Å²) in [7, 11) is 0. The molecule has 2 rings (SSSR count). The number of hydrogen-bond donors (Lipinski definition) is 1. The average Bonchev–Trinajstić information content (AvgIpc) is 2.71. The molecule has 0 aliphatic carbocycles. The summed E-state index contributed by atoms with van der Waals surface area (Å²) >= 11 is 4.86. The molecule has 0 amide bonds. The molecule has 1 aromatic heterocycles. The first-order chi connectivity index (χ1) is 8.92. The van der Waals surface area contributed by atoms with Gasteiger partial charge in [0.25, 0.3) is 0 Å². The number of aromatic amines is 1. The lowest BCUT2D eigenvalue weighted by Gasteiger charge is -2.17. The molecule has 0 saturated carbocycles. The van der Waals surface area contributed by atoms with E-state index in [1.165, 1.54) is 6.20 Å². The van der Waals surface area contributed by atoms with Gasteiger partial charge in [-0.3, -0.25) is 0 Å². The largest absolute Gasteiger partial charge is 0.337 e. The number of nitrogens with one attached hydrogen (secondary N) is 1. The lowest BCUT2D eigenvalue weighted by Crippen LogP contribution is -2.32. The Bertz CT molecular complexity index is 604. The van der Waals surface area contributed by atoms with Crippen molar-refractivity contribution >= 4 is 12.2 Å². The van der Waals surface area contributed by atoms with Crippen LogP contribution in [0.2, 0.25) is 0 Å². The van der Waals surface area contributed by atoms with Crippen molar-refractivity contribution in [1.29, 1.82) is 0 Å². The normalized spacial score (nSPS) is 12.1. The number of hydrogen-bond acceptors (Lipinski definition) is 1. The van der Waals surface area contributed by atoms with E-state index in [4.69, 9.17) is 12.2 Å². The van der Waals surface area contributed by atoms with Crippen LogP contribution in [0.15, 0.2) is 36.5 Å². The van der Waals surface area contributed by atoms with E-state index in [-0.39, 0.29) is 4.77 Å². The molecule has 1 aromatic carbocycles. The van der Waals surface area contributed by atoms with E-state index in [9.17, 15) is 17.6 Å². The van der Waals surface area contributed by atoms with E-state index in [1.807, 2.05) is 0 Å². The third kappa shape index (κ3) is 2.86. The molecular formula is C12H10F4N2S. The van der Waals surface area contributed by atoms with Crippen molar-refractivity contribution in [3.8, 4) is 11.3 Å². The molecule has 0 fully saturated rings. The number of halogens is 4. The van der Waals surface area contributed by atoms with E-state index in [0.29, 0.717) is 11.3 Å². The zero-order valence-corrected chi connectivity index (χ0v) is 10.4. The third-order valence-electron chi connectivity index (χ3n) is 2.63. The van der Waals surface area contributed by atoms with Gasteiger partial charge in [0.05, 0.1) is 12.2 Å². The lowest BCUT2D eigenvalue weighted by atomic mass is 10.1. The highest BCUT2D eigenvalue weighted by Gasteiger charge is 2.41. The first-order valence-corrected chi connectivity index (χ1v) is 5.82. The summed E-state index contributed by atoms with van der Waals surface area (Å²) in [4.78, 5) is 2.60. The van der Waals surface area contributed by atoms with Crippen LogP contribution >= 0.6 is 12.2 Å². The van der Waals surface area contributed by atoms with Crippen LogP contribution < -0.4 is 0 Å². The molecule has 0 radical (unpaired) electrons. The second-order valence-corrected chi connectivity index (χ2v) is 4.38. The van der Waals surface area contributed by atoms with Gasteiger partial charge in [-0.25, -0.2) is 8.78 Å². The Labute approximate surface area is 111 Å². The van der Waals surface area contributed by atoms with Crippen molar-refractivity contribution in [2.24, 2.45) is 0 Å². The maximum Gasteiger partial charge on any atom is 0.324 e. The van der Waals surface area contributed by atoms with E-state index >= 15 is 0 Å². The number of alkyl halides is 4. The van der Waals surface area contributed by atoms with Gasteiger partial charge in [-0.05, 0) is 17.8 Å². The number of nitrogens with zero attached hydrogens (tertiary/aromatic N) is 1. The Morgan fingerprint density at radius 2 is 1.84 bits per heavy atom. The maximum atomic E-state index is 13.2. The second-order valence-electron chi connectivity index (χ2n) is 3.99. The van der Waals surface area contributed by atoms with Gasteiger partial charge in [-0.2, -0.15) is 8.78 Å². The monoisotopic (exact) mass is 290 g/mol. The zero-order valence-electron chi connectivity index (χ0n) is 9.62. The average molecular weight is 290 g/mol. The van der Waals surface area contributed by atoms with E-state index < -0.39 is 18.9 Å². The lowest BCUT2D eigenvalue weighted by molar-refractivity contribution is -0.137. The van der Waals surface area contributed by atoms with Crippen LogP contribution in [0.1, 0.15) is 0 Å². The fourth-order valence-electron chi connectivity index (χ4n) is 1.68. The summed E-state index contributed by atoms with van der Waals surface area (Å²) in [6, 6.07) is 8.59. The Kier molecular flexibility index (Phi) is 3.75. The van der Waals surface area contributed by atoms with Gasteiger partial charge in [0, 0.05) is 6.20 Å². The number of H-pyrrole nitrogens is 1. The highest BCUT2D eigenvalue weighted by molar-refractivity contribution is 7.71. The molecule has 0 spiro atoms. The Balaban J connectivity index is 2.42. The molecule has 2 nitrogen and oxygen atoms in total. The molecule has 7 heteroatoms. The zero-order chi connectivity index (χ0) is 14.0. The number of imidazole rings is 1. The van der Waals surface area contributed by atoms with Crippen LogP contribution in [0.4, 0.5) is 17.6 Å².